The quantitative estimate of drug-likeness (QED) is 0.325. The maximum absolute atomic E-state index is 13.7. The molecule has 0 saturated carbocycles. The van der Waals surface area contributed by atoms with Gasteiger partial charge in [0, 0.05) is 0 Å². The Morgan fingerprint density at radius 1 is 1.12 bits per heavy atom. The number of carbonyl (C=O) groups excluding carboxylic acids is 1. The van der Waals surface area contributed by atoms with Gasteiger partial charge in [0.05, 0.1) is 37.2 Å². The van der Waals surface area contributed by atoms with Crippen LogP contribution in [0.5, 0.6) is 5.75 Å². The molecule has 0 aliphatic rings. The smallest absolute Gasteiger partial charge is 0.309 e. The zero-order valence-corrected chi connectivity index (χ0v) is 20.1. The predicted molar refractivity (Wildman–Crippen MR) is 125 cm³/mol. The van der Waals surface area contributed by atoms with E-state index in [0.29, 0.717) is 29.3 Å². The van der Waals surface area contributed by atoms with Crippen molar-refractivity contribution in [2.24, 2.45) is 5.92 Å². The lowest BCUT2D eigenvalue weighted by Gasteiger charge is -2.24. The molecule has 11 heteroatoms. The number of hydrogen-bond donors (Lipinski definition) is 1. The Morgan fingerprint density at radius 3 is 2.55 bits per heavy atom. The molecular weight excluding hydrogens is 445 g/mol. The number of ether oxygens (including phenoxy) is 2. The normalized spacial score (nSPS) is 15.2. The zero-order chi connectivity index (χ0) is 24.0. The third kappa shape index (κ3) is 6.76. The van der Waals surface area contributed by atoms with Crippen molar-refractivity contribution in [1.82, 2.24) is 19.5 Å². The molecule has 3 aromatic rings. The van der Waals surface area contributed by atoms with E-state index < -0.39 is 19.3 Å². The van der Waals surface area contributed by atoms with Crippen molar-refractivity contribution >= 4 is 30.3 Å². The van der Waals surface area contributed by atoms with Gasteiger partial charge in [0.1, 0.15) is 23.9 Å². The highest BCUT2D eigenvalue weighted by molar-refractivity contribution is 7.59. The molecule has 0 unspecified atom stereocenters. The van der Waals surface area contributed by atoms with Crippen LogP contribution in [0.3, 0.4) is 0 Å². The SMILES string of the molecule is CC(C)OC(=O)[C@@H](C)C[P@](=O)(CO[C@H](C)Cn1cnc2c(N)ncnc21)Oc1ccccc1. The van der Waals surface area contributed by atoms with Crippen LogP contribution >= 0.6 is 7.37 Å². The Kier molecular flexibility index (Phi) is 8.05. The number of esters is 1. The lowest BCUT2D eigenvalue weighted by molar-refractivity contribution is -0.151. The molecular formula is C22H30N5O5P. The van der Waals surface area contributed by atoms with Crippen LogP contribution in [-0.2, 0) is 25.4 Å². The average molecular weight is 475 g/mol. The summed E-state index contributed by atoms with van der Waals surface area (Å²) in [5.74, 6) is -0.278. The van der Waals surface area contributed by atoms with E-state index in [1.807, 2.05) is 13.0 Å². The van der Waals surface area contributed by atoms with Gasteiger partial charge < -0.3 is 24.3 Å². The van der Waals surface area contributed by atoms with Crippen molar-refractivity contribution < 1.29 is 23.4 Å². The van der Waals surface area contributed by atoms with Gasteiger partial charge in [-0.2, -0.15) is 0 Å². The van der Waals surface area contributed by atoms with Gasteiger partial charge in [-0.15, -0.1) is 0 Å². The molecule has 0 aliphatic carbocycles. The molecule has 0 aliphatic heterocycles. The summed E-state index contributed by atoms with van der Waals surface area (Å²) in [6.07, 6.45) is 2.22. The van der Waals surface area contributed by atoms with Crippen molar-refractivity contribution in [2.45, 2.75) is 46.4 Å². The highest BCUT2D eigenvalue weighted by Crippen LogP contribution is 2.49. The fourth-order valence-electron chi connectivity index (χ4n) is 3.23. The number of nitrogen functional groups attached to an aromatic ring is 1. The topological polar surface area (TPSA) is 131 Å². The Balaban J connectivity index is 1.70. The summed E-state index contributed by atoms with van der Waals surface area (Å²) in [6.45, 7) is 7.47. The van der Waals surface area contributed by atoms with Crippen LogP contribution in [0.4, 0.5) is 5.82 Å². The van der Waals surface area contributed by atoms with E-state index in [-0.39, 0.29) is 24.7 Å². The van der Waals surface area contributed by atoms with Crippen LogP contribution in [0.2, 0.25) is 0 Å². The number of para-hydroxylation sites is 1. The molecule has 2 aromatic heterocycles. The Labute approximate surface area is 192 Å². The van der Waals surface area contributed by atoms with E-state index in [4.69, 9.17) is 19.7 Å². The molecule has 3 atom stereocenters. The van der Waals surface area contributed by atoms with Crippen molar-refractivity contribution in [2.75, 3.05) is 18.2 Å². The second-order valence-corrected chi connectivity index (χ2v) is 10.7. The Hall–Kier alpha value is -2.97. The molecule has 0 fully saturated rings. The molecule has 0 spiro atoms. The Morgan fingerprint density at radius 2 is 1.85 bits per heavy atom. The highest BCUT2D eigenvalue weighted by Gasteiger charge is 2.32. The summed E-state index contributed by atoms with van der Waals surface area (Å²) in [4.78, 5) is 24.7. The van der Waals surface area contributed by atoms with Gasteiger partial charge in [0.25, 0.3) is 7.37 Å². The van der Waals surface area contributed by atoms with Crippen LogP contribution in [0, 0.1) is 5.92 Å². The average Bonchev–Trinajstić information content (AvgIpc) is 3.16. The van der Waals surface area contributed by atoms with Crippen LogP contribution in [0.15, 0.2) is 43.0 Å². The molecule has 0 radical (unpaired) electrons. The van der Waals surface area contributed by atoms with E-state index in [2.05, 4.69) is 15.0 Å². The van der Waals surface area contributed by atoms with Crippen molar-refractivity contribution in [1.29, 1.82) is 0 Å². The van der Waals surface area contributed by atoms with E-state index in [1.54, 1.807) is 55.9 Å². The minimum atomic E-state index is -3.39. The molecule has 0 bridgehead atoms. The monoisotopic (exact) mass is 475 g/mol. The molecule has 0 amide bonds. The van der Waals surface area contributed by atoms with Crippen LogP contribution in [0.1, 0.15) is 27.7 Å². The van der Waals surface area contributed by atoms with Crippen molar-refractivity contribution in [3.05, 3.63) is 43.0 Å². The molecule has 2 heterocycles. The standard InChI is InChI=1S/C22H30N5O5P/c1-15(2)31-22(28)16(3)11-33(29,32-18-8-6-5-7-9-18)14-30-17(4)10-27-13-26-19-20(23)24-12-25-21(19)27/h5-9,12-13,15-17H,10-11,14H2,1-4H3,(H2,23,24,25)/t16-,17+,33+/m0/s1. The summed E-state index contributed by atoms with van der Waals surface area (Å²) >= 11 is 0. The molecule has 3 rings (SSSR count). The van der Waals surface area contributed by atoms with Crippen LogP contribution < -0.4 is 10.3 Å². The molecule has 10 nitrogen and oxygen atoms in total. The van der Waals surface area contributed by atoms with Crippen LogP contribution in [-0.4, -0.2) is 50.2 Å². The lowest BCUT2D eigenvalue weighted by atomic mass is 10.2. The molecule has 33 heavy (non-hydrogen) atoms. The summed E-state index contributed by atoms with van der Waals surface area (Å²) < 4.78 is 32.6. The second-order valence-electron chi connectivity index (χ2n) is 8.22. The largest absolute Gasteiger partial charge is 0.463 e. The summed E-state index contributed by atoms with van der Waals surface area (Å²) in [5, 5.41) is 0. The number of nitrogens with zero attached hydrogens (tertiary/aromatic N) is 4. The van der Waals surface area contributed by atoms with Gasteiger partial charge >= 0.3 is 5.97 Å². The summed E-state index contributed by atoms with van der Waals surface area (Å²) in [7, 11) is -3.39. The number of benzene rings is 1. The highest BCUT2D eigenvalue weighted by atomic mass is 31.2. The maximum Gasteiger partial charge on any atom is 0.309 e. The number of hydrogen-bond acceptors (Lipinski definition) is 9. The summed E-state index contributed by atoms with van der Waals surface area (Å²) in [6, 6.07) is 8.85. The van der Waals surface area contributed by atoms with Gasteiger partial charge in [-0.3, -0.25) is 9.36 Å². The van der Waals surface area contributed by atoms with Gasteiger partial charge in [0.2, 0.25) is 0 Å². The minimum Gasteiger partial charge on any atom is -0.463 e. The van der Waals surface area contributed by atoms with E-state index in [9.17, 15) is 9.36 Å². The number of rotatable bonds is 11. The Bertz CT molecular complexity index is 1120. The van der Waals surface area contributed by atoms with Crippen molar-refractivity contribution in [3.63, 3.8) is 0 Å². The van der Waals surface area contributed by atoms with E-state index in [1.165, 1.54) is 6.33 Å². The third-order valence-electron chi connectivity index (χ3n) is 4.76. The van der Waals surface area contributed by atoms with Crippen LogP contribution in [0.25, 0.3) is 11.2 Å². The van der Waals surface area contributed by atoms with Crippen molar-refractivity contribution in [3.8, 4) is 5.75 Å². The zero-order valence-electron chi connectivity index (χ0n) is 19.2. The maximum atomic E-state index is 13.7. The first-order valence-electron chi connectivity index (χ1n) is 10.7. The van der Waals surface area contributed by atoms with Gasteiger partial charge in [-0.05, 0) is 32.9 Å². The summed E-state index contributed by atoms with van der Waals surface area (Å²) in [5.41, 5.74) is 6.94. The number of anilines is 1. The first kappa shape index (κ1) is 24.7. The molecule has 1 aromatic carbocycles. The van der Waals surface area contributed by atoms with E-state index in [0.717, 1.165) is 0 Å². The molecule has 0 saturated heterocycles. The molecule has 2 N–H and O–H groups in total. The third-order valence-corrected chi connectivity index (χ3v) is 6.95. The number of fused-ring (bicyclic) bond motifs is 1. The number of aromatic nitrogens is 4. The van der Waals surface area contributed by atoms with E-state index >= 15 is 0 Å². The molecule has 178 valence electrons. The van der Waals surface area contributed by atoms with Gasteiger partial charge in [-0.25, -0.2) is 15.0 Å². The fraction of sp³-hybridized carbons (Fsp3) is 0.455. The lowest BCUT2D eigenvalue weighted by Crippen LogP contribution is -2.24. The second kappa shape index (κ2) is 10.8. The first-order valence-corrected chi connectivity index (χ1v) is 12.7. The predicted octanol–water partition coefficient (Wildman–Crippen LogP) is 3.72. The number of carbonyl (C=O) groups is 1. The number of imidazole rings is 1. The minimum absolute atomic E-state index is 0.00205. The van der Waals surface area contributed by atoms with Gasteiger partial charge in [0.15, 0.2) is 11.5 Å². The first-order chi connectivity index (χ1) is 15.7. The van der Waals surface area contributed by atoms with Gasteiger partial charge in [-0.1, -0.05) is 25.1 Å². The number of nitrogens with two attached hydrogens (primary N) is 1. The fourth-order valence-corrected chi connectivity index (χ4v) is 5.44.